The van der Waals surface area contributed by atoms with Gasteiger partial charge in [0.15, 0.2) is 16.7 Å². The van der Waals surface area contributed by atoms with Crippen molar-refractivity contribution in [1.29, 1.82) is 0 Å². The number of aromatic nitrogens is 2. The summed E-state index contributed by atoms with van der Waals surface area (Å²) in [4.78, 5) is 6.33. The molecule has 0 spiro atoms. The van der Waals surface area contributed by atoms with Crippen LogP contribution in [0.3, 0.4) is 0 Å². The van der Waals surface area contributed by atoms with Crippen LogP contribution in [-0.4, -0.2) is 56.1 Å². The zero-order chi connectivity index (χ0) is 30.4. The monoisotopic (exact) mass is 623 g/mol. The summed E-state index contributed by atoms with van der Waals surface area (Å²) in [5.74, 6) is -1.24. The van der Waals surface area contributed by atoms with E-state index in [1.807, 2.05) is 11.0 Å². The highest BCUT2D eigenvalue weighted by molar-refractivity contribution is 7.98. The molecular weight excluding hydrogens is 595 g/mol. The molecule has 1 heterocycles. The molecule has 1 N–H and O–H groups in total. The maximum Gasteiger partial charge on any atom is 0.264 e. The van der Waals surface area contributed by atoms with E-state index in [2.05, 4.69) is 4.98 Å². The van der Waals surface area contributed by atoms with Crippen molar-refractivity contribution in [2.75, 3.05) is 38.5 Å². The summed E-state index contributed by atoms with van der Waals surface area (Å²) < 4.78 is 91.7. The second-order valence-electron chi connectivity index (χ2n) is 8.95. The number of nitrogens with zero attached hydrogens (tertiary/aromatic N) is 3. The molecule has 0 radical (unpaired) electrons. The van der Waals surface area contributed by atoms with Crippen LogP contribution in [0.5, 0.6) is 17.2 Å². The van der Waals surface area contributed by atoms with E-state index in [1.165, 1.54) is 26.4 Å². The van der Waals surface area contributed by atoms with E-state index >= 15 is 0 Å². The van der Waals surface area contributed by atoms with Gasteiger partial charge in [0.1, 0.15) is 29.0 Å². The van der Waals surface area contributed by atoms with E-state index in [1.54, 1.807) is 42.1 Å². The van der Waals surface area contributed by atoms with Crippen molar-refractivity contribution in [3.05, 3.63) is 83.8 Å². The van der Waals surface area contributed by atoms with Crippen LogP contribution in [0, 0.1) is 17.5 Å². The fraction of sp³-hybridized carbons (Fsp3) is 0.250. The second kappa shape index (κ2) is 13.4. The minimum Gasteiger partial charge on any atom is -0.493 e. The Labute approximate surface area is 245 Å². The molecule has 1 aromatic heterocycles. The van der Waals surface area contributed by atoms with Crippen LogP contribution in [0.25, 0.3) is 5.69 Å². The van der Waals surface area contributed by atoms with Gasteiger partial charge in [0, 0.05) is 47.9 Å². The van der Waals surface area contributed by atoms with E-state index in [9.17, 15) is 21.6 Å². The maximum atomic E-state index is 14.9. The summed E-state index contributed by atoms with van der Waals surface area (Å²) in [6.45, 7) is -0.155. The molecule has 0 amide bonds. The zero-order valence-electron chi connectivity index (χ0n) is 22.9. The molecular formula is C28H28F3N3O6S2. The Bertz CT molecular complexity index is 1630. The van der Waals surface area contributed by atoms with Crippen LogP contribution in [-0.2, 0) is 15.9 Å². The summed E-state index contributed by atoms with van der Waals surface area (Å²) in [6.07, 6.45) is 1.55. The van der Waals surface area contributed by atoms with Crippen LogP contribution in [0.2, 0.25) is 0 Å². The Morgan fingerprint density at radius 2 is 1.64 bits per heavy atom. The van der Waals surface area contributed by atoms with Crippen molar-refractivity contribution in [3.8, 4) is 22.9 Å². The zero-order valence-corrected chi connectivity index (χ0v) is 24.5. The summed E-state index contributed by atoms with van der Waals surface area (Å²) in [6, 6.07) is 13.1. The molecule has 14 heteroatoms. The molecule has 4 aromatic rings. The third-order valence-corrected chi connectivity index (χ3v) is 7.95. The number of anilines is 2. The number of hydrogen-bond donors (Lipinski definition) is 1. The van der Waals surface area contributed by atoms with Crippen molar-refractivity contribution in [1.82, 2.24) is 9.55 Å². The fourth-order valence-corrected chi connectivity index (χ4v) is 5.52. The first-order chi connectivity index (χ1) is 20.0. The number of halogens is 3. The van der Waals surface area contributed by atoms with Crippen LogP contribution >= 0.6 is 11.8 Å². The molecule has 0 aliphatic carbocycles. The molecule has 0 aliphatic heterocycles. The summed E-state index contributed by atoms with van der Waals surface area (Å²) in [7, 11) is 0.712. The van der Waals surface area contributed by atoms with Gasteiger partial charge in [-0.3, -0.25) is 9.12 Å². The highest BCUT2D eigenvalue weighted by Gasteiger charge is 2.20. The van der Waals surface area contributed by atoms with Gasteiger partial charge in [0.05, 0.1) is 32.8 Å². The number of ether oxygens (including phenoxy) is 3. The fourth-order valence-electron chi connectivity index (χ4n) is 4.03. The van der Waals surface area contributed by atoms with Gasteiger partial charge >= 0.3 is 0 Å². The third-order valence-electron chi connectivity index (χ3n) is 6.17. The van der Waals surface area contributed by atoms with E-state index < -0.39 is 33.3 Å². The summed E-state index contributed by atoms with van der Waals surface area (Å²) in [5, 5.41) is 0.397. The number of benzene rings is 3. The Morgan fingerprint density at radius 3 is 2.26 bits per heavy atom. The van der Waals surface area contributed by atoms with E-state index in [-0.39, 0.29) is 30.1 Å². The van der Waals surface area contributed by atoms with Crippen molar-refractivity contribution < 1.29 is 40.4 Å². The molecule has 0 aliphatic rings. The van der Waals surface area contributed by atoms with Crippen molar-refractivity contribution in [2.24, 2.45) is 0 Å². The minimum atomic E-state index is -4.16. The molecule has 0 saturated carbocycles. The van der Waals surface area contributed by atoms with Gasteiger partial charge < -0.3 is 19.1 Å². The molecule has 9 nitrogen and oxygen atoms in total. The molecule has 0 unspecified atom stereocenters. The van der Waals surface area contributed by atoms with Crippen LogP contribution in [0.4, 0.5) is 24.7 Å². The third kappa shape index (κ3) is 7.49. The molecule has 0 saturated heterocycles. The molecule has 0 atom stereocenters. The van der Waals surface area contributed by atoms with Gasteiger partial charge in [0.2, 0.25) is 0 Å². The van der Waals surface area contributed by atoms with Gasteiger partial charge in [-0.15, -0.1) is 0 Å². The van der Waals surface area contributed by atoms with Crippen LogP contribution < -0.4 is 19.1 Å². The SMILES string of the molecule is COc1ccc(N(C)c2cnc(SCc3c(F)cc(OCCCS(=O)(=O)O)cc3F)n2-c2ccc(F)cc2)cc1OC. The first-order valence-corrected chi connectivity index (χ1v) is 15.1. The predicted octanol–water partition coefficient (Wildman–Crippen LogP) is 6.02. The van der Waals surface area contributed by atoms with E-state index in [4.69, 9.17) is 18.8 Å². The normalized spacial score (nSPS) is 11.4. The first kappa shape index (κ1) is 31.1. The number of thioether (sulfide) groups is 1. The predicted molar refractivity (Wildman–Crippen MR) is 154 cm³/mol. The molecule has 0 bridgehead atoms. The number of hydrogen-bond acceptors (Lipinski definition) is 8. The highest BCUT2D eigenvalue weighted by Crippen LogP contribution is 2.37. The Kier molecular flexibility index (Phi) is 9.91. The summed E-state index contributed by atoms with van der Waals surface area (Å²) in [5.41, 5.74) is 1.10. The molecule has 4 rings (SSSR count). The largest absolute Gasteiger partial charge is 0.493 e. The van der Waals surface area contributed by atoms with Gasteiger partial charge in [-0.25, -0.2) is 18.2 Å². The van der Waals surface area contributed by atoms with Gasteiger partial charge in [-0.2, -0.15) is 8.42 Å². The highest BCUT2D eigenvalue weighted by atomic mass is 32.2. The number of methoxy groups -OCH3 is 2. The van der Waals surface area contributed by atoms with Crippen molar-refractivity contribution in [2.45, 2.75) is 17.3 Å². The van der Waals surface area contributed by atoms with E-state index in [0.717, 1.165) is 29.6 Å². The maximum absolute atomic E-state index is 14.9. The topological polar surface area (TPSA) is 103 Å². The lowest BCUT2D eigenvalue weighted by molar-refractivity contribution is 0.312. The number of rotatable bonds is 13. The van der Waals surface area contributed by atoms with Gasteiger partial charge in [0.25, 0.3) is 10.1 Å². The van der Waals surface area contributed by atoms with Crippen molar-refractivity contribution in [3.63, 3.8) is 0 Å². The Hall–Kier alpha value is -3.88. The second-order valence-corrected chi connectivity index (χ2v) is 11.5. The van der Waals surface area contributed by atoms with Crippen LogP contribution in [0.15, 0.2) is 66.0 Å². The number of imidazole rings is 1. The average Bonchev–Trinajstić information content (AvgIpc) is 3.37. The standard InChI is InChI=1S/C28H28F3N3O6S2/c1-33(20-9-10-25(38-2)26(13-20)39-3)27-16-32-28(34(27)19-7-5-18(29)6-8-19)41-17-22-23(30)14-21(15-24(22)31)40-11-4-12-42(35,36)37/h5-10,13-16H,4,11-12,17H2,1-3H3,(H,35,36,37). The van der Waals surface area contributed by atoms with Gasteiger partial charge in [-0.05, 0) is 42.8 Å². The smallest absolute Gasteiger partial charge is 0.264 e. The van der Waals surface area contributed by atoms with Gasteiger partial charge in [-0.1, -0.05) is 11.8 Å². The molecule has 224 valence electrons. The molecule has 3 aromatic carbocycles. The Balaban J connectivity index is 1.60. The average molecular weight is 624 g/mol. The minimum absolute atomic E-state index is 0.0498. The summed E-state index contributed by atoms with van der Waals surface area (Å²) >= 11 is 1.08. The first-order valence-electron chi connectivity index (χ1n) is 12.5. The van der Waals surface area contributed by atoms with Crippen molar-refractivity contribution >= 4 is 33.4 Å². The lowest BCUT2D eigenvalue weighted by atomic mass is 10.2. The lowest BCUT2D eigenvalue weighted by Gasteiger charge is -2.23. The van der Waals surface area contributed by atoms with E-state index in [0.29, 0.717) is 28.2 Å². The Morgan fingerprint density at radius 1 is 0.976 bits per heavy atom. The quantitative estimate of drug-likeness (QED) is 0.109. The molecule has 42 heavy (non-hydrogen) atoms. The molecule has 0 fully saturated rings. The lowest BCUT2D eigenvalue weighted by Crippen LogP contribution is -2.14. The van der Waals surface area contributed by atoms with Crippen LogP contribution in [0.1, 0.15) is 12.0 Å².